The fourth-order valence-electron chi connectivity index (χ4n) is 2.32. The van der Waals surface area contributed by atoms with Crippen molar-refractivity contribution in [3.63, 3.8) is 0 Å². The fraction of sp³-hybridized carbons (Fsp3) is 0.294. The van der Waals surface area contributed by atoms with Crippen molar-refractivity contribution < 1.29 is 9.32 Å². The molecule has 2 heterocycles. The third-order valence-electron chi connectivity index (χ3n) is 3.71. The van der Waals surface area contributed by atoms with Gasteiger partial charge in [-0.15, -0.1) is 16.9 Å². The lowest BCUT2D eigenvalue weighted by Crippen LogP contribution is -2.15. The Balaban J connectivity index is 1.47. The number of nitrogens with zero attached hydrogens (tertiary/aromatic N) is 4. The minimum Gasteiger partial charge on any atom is -0.361 e. The summed E-state index contributed by atoms with van der Waals surface area (Å²) in [4.78, 5) is 16.2. The van der Waals surface area contributed by atoms with Gasteiger partial charge in [0, 0.05) is 15.8 Å². The summed E-state index contributed by atoms with van der Waals surface area (Å²) in [6.07, 6.45) is 1.61. The highest BCUT2D eigenvalue weighted by Gasteiger charge is 2.11. The highest BCUT2D eigenvalue weighted by Crippen LogP contribution is 2.19. The zero-order valence-corrected chi connectivity index (χ0v) is 16.8. The summed E-state index contributed by atoms with van der Waals surface area (Å²) >= 11 is 4.91. The average molecular weight is 436 g/mol. The lowest BCUT2D eigenvalue weighted by molar-refractivity contribution is -0.113. The summed E-state index contributed by atoms with van der Waals surface area (Å²) in [5, 5.41) is 10.9. The smallest absolute Gasteiger partial charge is 0.248 e. The summed E-state index contributed by atoms with van der Waals surface area (Å²) in [6.45, 7) is 4.36. The monoisotopic (exact) mass is 435 g/mol. The molecule has 0 bridgehead atoms. The second-order valence-corrected chi connectivity index (χ2v) is 7.64. The number of aromatic nitrogens is 4. The summed E-state index contributed by atoms with van der Waals surface area (Å²) in [6, 6.07) is 7.97. The van der Waals surface area contributed by atoms with E-state index in [4.69, 9.17) is 4.52 Å². The minimum atomic E-state index is -0.136. The maximum Gasteiger partial charge on any atom is 0.248 e. The number of aryl methyl sites for hydroxylation is 2. The van der Waals surface area contributed by atoms with Gasteiger partial charge in [0.15, 0.2) is 0 Å². The zero-order chi connectivity index (χ0) is 18.5. The maximum absolute atomic E-state index is 12.1. The van der Waals surface area contributed by atoms with Gasteiger partial charge in [0.1, 0.15) is 12.1 Å². The van der Waals surface area contributed by atoms with Crippen LogP contribution in [0.25, 0.3) is 0 Å². The second-order valence-electron chi connectivity index (χ2n) is 5.74. The van der Waals surface area contributed by atoms with E-state index >= 15 is 0 Å². The predicted molar refractivity (Wildman–Crippen MR) is 104 cm³/mol. The third kappa shape index (κ3) is 4.95. The molecule has 0 saturated heterocycles. The average Bonchev–Trinajstić information content (AvgIpc) is 3.17. The molecule has 0 fully saturated rings. The number of thioether (sulfide) groups is 1. The molecule has 136 valence electrons. The molecule has 0 atom stereocenters. The van der Waals surface area contributed by atoms with Gasteiger partial charge < -0.3 is 4.52 Å². The van der Waals surface area contributed by atoms with Crippen LogP contribution in [0, 0.1) is 13.8 Å². The number of carbonyl (C=O) groups is 1. The Kier molecular flexibility index (Phi) is 6.10. The summed E-state index contributed by atoms with van der Waals surface area (Å²) in [5.41, 5.74) is 3.01. The Morgan fingerprint density at radius 1 is 1.31 bits per heavy atom. The lowest BCUT2D eigenvalue weighted by Gasteiger charge is -2.02. The van der Waals surface area contributed by atoms with Gasteiger partial charge in [-0.05, 0) is 31.5 Å². The highest BCUT2D eigenvalue weighted by molar-refractivity contribution is 9.10. The molecule has 3 rings (SSSR count). The van der Waals surface area contributed by atoms with E-state index in [1.54, 1.807) is 11.0 Å². The molecular weight excluding hydrogens is 418 g/mol. The van der Waals surface area contributed by atoms with Crippen molar-refractivity contribution in [3.8, 4) is 0 Å². The minimum absolute atomic E-state index is 0.136. The molecule has 7 nitrogen and oxygen atoms in total. The van der Waals surface area contributed by atoms with Crippen LogP contribution in [0.2, 0.25) is 0 Å². The highest BCUT2D eigenvalue weighted by atomic mass is 79.9. The van der Waals surface area contributed by atoms with Crippen molar-refractivity contribution in [3.05, 3.63) is 57.6 Å². The number of hydrogen-bond donors (Lipinski definition) is 1. The molecule has 9 heteroatoms. The fourth-order valence-corrected chi connectivity index (χ4v) is 3.56. The molecule has 0 spiro atoms. The van der Waals surface area contributed by atoms with Crippen LogP contribution >= 0.6 is 27.7 Å². The summed E-state index contributed by atoms with van der Waals surface area (Å²) in [5.74, 6) is 1.96. The van der Waals surface area contributed by atoms with Gasteiger partial charge in [0.25, 0.3) is 0 Å². The van der Waals surface area contributed by atoms with E-state index in [0.717, 1.165) is 27.1 Å². The van der Waals surface area contributed by atoms with Crippen LogP contribution in [0.3, 0.4) is 0 Å². The van der Waals surface area contributed by atoms with E-state index in [-0.39, 0.29) is 5.91 Å². The molecule has 0 saturated carbocycles. The predicted octanol–water partition coefficient (Wildman–Crippen LogP) is 3.57. The molecule has 26 heavy (non-hydrogen) atoms. The largest absolute Gasteiger partial charge is 0.361 e. The van der Waals surface area contributed by atoms with E-state index < -0.39 is 0 Å². The van der Waals surface area contributed by atoms with E-state index in [0.29, 0.717) is 24.0 Å². The summed E-state index contributed by atoms with van der Waals surface area (Å²) in [7, 11) is 0. The van der Waals surface area contributed by atoms with Gasteiger partial charge in [0.2, 0.25) is 11.9 Å². The van der Waals surface area contributed by atoms with E-state index in [1.165, 1.54) is 11.8 Å². The van der Waals surface area contributed by atoms with Gasteiger partial charge >= 0.3 is 0 Å². The van der Waals surface area contributed by atoms with Gasteiger partial charge in [-0.1, -0.05) is 33.2 Å². The van der Waals surface area contributed by atoms with Crippen molar-refractivity contribution in [2.45, 2.75) is 26.1 Å². The normalized spacial score (nSPS) is 10.9. The van der Waals surface area contributed by atoms with Crippen molar-refractivity contribution in [1.29, 1.82) is 0 Å². The van der Waals surface area contributed by atoms with Gasteiger partial charge in [-0.25, -0.2) is 9.67 Å². The number of benzene rings is 1. The SMILES string of the molecule is Cc1noc(C)c1CSCC(=O)Nc1ncn(Cc2ccc(Br)cc2)n1. The van der Waals surface area contributed by atoms with Gasteiger partial charge in [-0.3, -0.25) is 10.1 Å². The Morgan fingerprint density at radius 3 is 2.77 bits per heavy atom. The maximum atomic E-state index is 12.1. The quantitative estimate of drug-likeness (QED) is 0.610. The second kappa shape index (κ2) is 8.50. The van der Waals surface area contributed by atoms with Crippen LogP contribution in [0.4, 0.5) is 5.95 Å². The molecule has 0 unspecified atom stereocenters. The Labute approximate surface area is 163 Å². The first-order valence-electron chi connectivity index (χ1n) is 7.94. The van der Waals surface area contributed by atoms with Crippen LogP contribution in [0.5, 0.6) is 0 Å². The number of rotatable bonds is 7. The van der Waals surface area contributed by atoms with Crippen LogP contribution < -0.4 is 5.32 Å². The Hall–Kier alpha value is -2.13. The molecule has 2 aromatic heterocycles. The van der Waals surface area contributed by atoms with E-state index in [1.807, 2.05) is 38.1 Å². The van der Waals surface area contributed by atoms with Crippen molar-refractivity contribution in [2.24, 2.45) is 0 Å². The molecule has 0 aliphatic carbocycles. The number of nitrogens with one attached hydrogen (secondary N) is 1. The zero-order valence-electron chi connectivity index (χ0n) is 14.4. The van der Waals surface area contributed by atoms with Crippen LogP contribution in [0.1, 0.15) is 22.6 Å². The van der Waals surface area contributed by atoms with Crippen molar-refractivity contribution in [1.82, 2.24) is 19.9 Å². The first-order chi connectivity index (χ1) is 12.5. The van der Waals surface area contributed by atoms with E-state index in [9.17, 15) is 4.79 Å². The standard InChI is InChI=1S/C17H18BrN5O2S/c1-11-15(12(2)25-22-11)8-26-9-16(24)20-17-19-10-23(21-17)7-13-3-5-14(18)6-4-13/h3-6,10H,7-9H2,1-2H3,(H,20,21,24). The van der Waals surface area contributed by atoms with Crippen molar-refractivity contribution in [2.75, 3.05) is 11.1 Å². The number of carbonyl (C=O) groups excluding carboxylic acids is 1. The molecule has 1 aromatic carbocycles. The molecule has 1 amide bonds. The lowest BCUT2D eigenvalue weighted by atomic mass is 10.2. The van der Waals surface area contributed by atoms with Crippen molar-refractivity contribution >= 4 is 39.5 Å². The van der Waals surface area contributed by atoms with Gasteiger partial charge in [0.05, 0.1) is 18.0 Å². The number of hydrogen-bond acceptors (Lipinski definition) is 6. The summed E-state index contributed by atoms with van der Waals surface area (Å²) < 4.78 is 7.84. The van der Waals surface area contributed by atoms with Gasteiger partial charge in [-0.2, -0.15) is 0 Å². The first-order valence-corrected chi connectivity index (χ1v) is 9.89. The van der Waals surface area contributed by atoms with E-state index in [2.05, 4.69) is 36.5 Å². The number of halogens is 1. The molecular formula is C17H18BrN5O2S. The van der Waals surface area contributed by atoms with Crippen LogP contribution in [-0.4, -0.2) is 31.6 Å². The molecule has 1 N–H and O–H groups in total. The molecule has 0 aliphatic rings. The Bertz CT molecular complexity index is 871. The van der Waals surface area contributed by atoms with Crippen LogP contribution in [-0.2, 0) is 17.1 Å². The molecule has 3 aromatic rings. The van der Waals surface area contributed by atoms with Crippen LogP contribution in [0.15, 0.2) is 39.6 Å². The first kappa shape index (κ1) is 18.7. The number of amides is 1. The molecule has 0 radical (unpaired) electrons. The number of anilines is 1. The Morgan fingerprint density at radius 2 is 2.08 bits per heavy atom. The molecule has 0 aliphatic heterocycles. The topological polar surface area (TPSA) is 85.8 Å². The third-order valence-corrected chi connectivity index (χ3v) is 5.19.